The molecule has 0 aliphatic heterocycles. The molecule has 1 fully saturated rings. The third-order valence-electron chi connectivity index (χ3n) is 5.32. The number of rotatable bonds is 3. The predicted molar refractivity (Wildman–Crippen MR) is 91.5 cm³/mol. The van der Waals surface area contributed by atoms with Crippen LogP contribution < -0.4 is 0 Å². The average Bonchev–Trinajstić information content (AvgIpc) is 2.64. The molecule has 0 amide bonds. The molecule has 3 rings (SSSR count). The zero-order valence-corrected chi connectivity index (χ0v) is 13.9. The minimum atomic E-state index is -1.07. The summed E-state index contributed by atoms with van der Waals surface area (Å²) in [5.74, 6) is -0.595. The van der Waals surface area contributed by atoms with Crippen molar-refractivity contribution in [2.24, 2.45) is 5.92 Å². The Hall–Kier alpha value is -2.21. The summed E-state index contributed by atoms with van der Waals surface area (Å²) in [7, 11) is 0. The Morgan fingerprint density at radius 2 is 1.62 bits per heavy atom. The van der Waals surface area contributed by atoms with Crippen molar-refractivity contribution in [2.75, 3.05) is 0 Å². The molecule has 0 heterocycles. The first-order chi connectivity index (χ1) is 11.6. The van der Waals surface area contributed by atoms with Gasteiger partial charge in [0.25, 0.3) is 0 Å². The van der Waals surface area contributed by atoms with Crippen molar-refractivity contribution < 1.29 is 8.78 Å². The lowest BCUT2D eigenvalue weighted by molar-refractivity contribution is 0.319. The van der Waals surface area contributed by atoms with Crippen molar-refractivity contribution in [3.05, 3.63) is 59.2 Å². The van der Waals surface area contributed by atoms with Crippen LogP contribution in [0.15, 0.2) is 36.4 Å². The molecule has 2 aromatic carbocycles. The highest BCUT2D eigenvalue weighted by atomic mass is 19.2. The van der Waals surface area contributed by atoms with E-state index in [9.17, 15) is 8.78 Å². The summed E-state index contributed by atoms with van der Waals surface area (Å²) in [5.41, 5.74) is 1.86. The van der Waals surface area contributed by atoms with E-state index >= 15 is 0 Å². The Labute approximate surface area is 141 Å². The van der Waals surface area contributed by atoms with Crippen LogP contribution in [-0.4, -0.2) is 0 Å². The zero-order valence-electron chi connectivity index (χ0n) is 13.9. The lowest BCUT2D eigenvalue weighted by Crippen LogP contribution is -2.12. The van der Waals surface area contributed by atoms with Crippen molar-refractivity contribution in [1.82, 2.24) is 0 Å². The molecular weight excluding hydrogens is 304 g/mol. The Morgan fingerprint density at radius 1 is 0.958 bits per heavy atom. The Morgan fingerprint density at radius 3 is 2.21 bits per heavy atom. The highest BCUT2D eigenvalue weighted by Crippen LogP contribution is 2.37. The van der Waals surface area contributed by atoms with Crippen LogP contribution in [0, 0.1) is 28.9 Å². The predicted octanol–water partition coefficient (Wildman–Crippen LogP) is 6.19. The molecule has 24 heavy (non-hydrogen) atoms. The lowest BCUT2D eigenvalue weighted by atomic mass is 9.77. The van der Waals surface area contributed by atoms with Gasteiger partial charge in [0.05, 0.1) is 5.56 Å². The van der Waals surface area contributed by atoms with E-state index in [1.165, 1.54) is 49.8 Å². The van der Waals surface area contributed by atoms with Crippen molar-refractivity contribution >= 4 is 0 Å². The fraction of sp³-hybridized carbons (Fsp3) is 0.381. The van der Waals surface area contributed by atoms with E-state index in [-0.39, 0.29) is 11.1 Å². The molecule has 0 atom stereocenters. The molecule has 1 aliphatic rings. The number of halogens is 2. The van der Waals surface area contributed by atoms with Crippen molar-refractivity contribution in [3.63, 3.8) is 0 Å². The molecule has 1 nitrogen and oxygen atoms in total. The summed E-state index contributed by atoms with van der Waals surface area (Å²) in [6.07, 6.45) is 6.22. The molecule has 1 aliphatic carbocycles. The normalized spacial score (nSPS) is 20.6. The molecular formula is C21H21F2N. The first kappa shape index (κ1) is 16.6. The van der Waals surface area contributed by atoms with Crippen LogP contribution in [0.3, 0.4) is 0 Å². The van der Waals surface area contributed by atoms with Crippen LogP contribution in [0.5, 0.6) is 0 Å². The van der Waals surface area contributed by atoms with Crippen LogP contribution in [0.1, 0.15) is 56.1 Å². The second-order valence-corrected chi connectivity index (χ2v) is 6.65. The topological polar surface area (TPSA) is 23.8 Å². The molecule has 0 spiro atoms. The molecule has 0 aromatic heterocycles. The Kier molecular flexibility index (Phi) is 4.94. The van der Waals surface area contributed by atoms with E-state index in [2.05, 4.69) is 6.92 Å². The maximum atomic E-state index is 14.1. The number of hydrogen-bond donors (Lipinski definition) is 0. The van der Waals surface area contributed by atoms with Crippen LogP contribution >= 0.6 is 0 Å². The quantitative estimate of drug-likeness (QED) is 0.660. The summed E-state index contributed by atoms with van der Waals surface area (Å²) in [4.78, 5) is 0. The van der Waals surface area contributed by atoms with Gasteiger partial charge in [-0.05, 0) is 60.8 Å². The maximum absolute atomic E-state index is 14.1. The standard InChI is InChI=1S/C21H21F2N/c1-2-14-3-5-15(6-4-14)16-7-9-17(10-8-16)19-12-11-18(13-24)20(22)21(19)23/h7-12,14-15H,2-6H2,1H3. The van der Waals surface area contributed by atoms with Gasteiger partial charge in [0.15, 0.2) is 11.6 Å². The molecule has 1 saturated carbocycles. The second kappa shape index (κ2) is 7.13. The third-order valence-corrected chi connectivity index (χ3v) is 5.32. The smallest absolute Gasteiger partial charge is 0.177 e. The summed E-state index contributed by atoms with van der Waals surface area (Å²) in [5, 5.41) is 8.76. The van der Waals surface area contributed by atoms with Crippen molar-refractivity contribution in [2.45, 2.75) is 44.9 Å². The number of nitrogens with zero attached hydrogens (tertiary/aromatic N) is 1. The highest BCUT2D eigenvalue weighted by molar-refractivity contribution is 5.65. The summed E-state index contributed by atoms with van der Waals surface area (Å²) < 4.78 is 27.9. The highest BCUT2D eigenvalue weighted by Gasteiger charge is 2.21. The minimum absolute atomic E-state index is 0.202. The third kappa shape index (κ3) is 3.19. The Bertz CT molecular complexity index is 751. The van der Waals surface area contributed by atoms with E-state index in [4.69, 9.17) is 5.26 Å². The van der Waals surface area contributed by atoms with Crippen LogP contribution in [0.4, 0.5) is 8.78 Å². The molecule has 0 radical (unpaired) electrons. The number of hydrogen-bond acceptors (Lipinski definition) is 1. The average molecular weight is 325 g/mol. The van der Waals surface area contributed by atoms with Gasteiger partial charge in [-0.2, -0.15) is 5.26 Å². The van der Waals surface area contributed by atoms with E-state index in [0.717, 1.165) is 5.92 Å². The molecule has 0 bridgehead atoms. The fourth-order valence-electron chi connectivity index (χ4n) is 3.70. The summed E-state index contributed by atoms with van der Waals surface area (Å²) >= 11 is 0. The van der Waals surface area contributed by atoms with Crippen molar-refractivity contribution in [3.8, 4) is 17.2 Å². The van der Waals surface area contributed by atoms with E-state index in [1.54, 1.807) is 6.07 Å². The summed E-state index contributed by atoms with van der Waals surface area (Å²) in [6, 6.07) is 12.2. The maximum Gasteiger partial charge on any atom is 0.177 e. The van der Waals surface area contributed by atoms with E-state index in [0.29, 0.717) is 11.5 Å². The fourth-order valence-corrected chi connectivity index (χ4v) is 3.70. The van der Waals surface area contributed by atoms with Gasteiger partial charge in [0, 0.05) is 5.56 Å². The molecule has 2 aromatic rings. The van der Waals surface area contributed by atoms with Gasteiger partial charge in [0.2, 0.25) is 0 Å². The van der Waals surface area contributed by atoms with E-state index in [1.807, 2.05) is 24.3 Å². The summed E-state index contributed by atoms with van der Waals surface area (Å²) in [6.45, 7) is 2.26. The SMILES string of the molecule is CCC1CCC(c2ccc(-c3ccc(C#N)c(F)c3F)cc2)CC1. The van der Waals surface area contributed by atoms with Gasteiger partial charge in [-0.15, -0.1) is 0 Å². The van der Waals surface area contributed by atoms with Gasteiger partial charge >= 0.3 is 0 Å². The first-order valence-electron chi connectivity index (χ1n) is 8.62. The monoisotopic (exact) mass is 325 g/mol. The Balaban J connectivity index is 1.81. The van der Waals surface area contributed by atoms with Gasteiger partial charge in [-0.3, -0.25) is 0 Å². The van der Waals surface area contributed by atoms with Gasteiger partial charge in [-0.25, -0.2) is 8.78 Å². The molecule has 124 valence electrons. The molecule has 0 N–H and O–H groups in total. The molecule has 3 heteroatoms. The van der Waals surface area contributed by atoms with Crippen LogP contribution in [0.2, 0.25) is 0 Å². The zero-order chi connectivity index (χ0) is 17.1. The number of benzene rings is 2. The first-order valence-corrected chi connectivity index (χ1v) is 8.62. The molecule has 0 saturated heterocycles. The largest absolute Gasteiger partial charge is 0.203 e. The van der Waals surface area contributed by atoms with Gasteiger partial charge in [0.1, 0.15) is 6.07 Å². The lowest BCUT2D eigenvalue weighted by Gasteiger charge is -2.28. The number of nitriles is 1. The van der Waals surface area contributed by atoms with Crippen molar-refractivity contribution in [1.29, 1.82) is 5.26 Å². The van der Waals surface area contributed by atoms with E-state index < -0.39 is 11.6 Å². The van der Waals surface area contributed by atoms with Gasteiger partial charge < -0.3 is 0 Å². The van der Waals surface area contributed by atoms with Crippen LogP contribution in [-0.2, 0) is 0 Å². The van der Waals surface area contributed by atoms with Crippen LogP contribution in [0.25, 0.3) is 11.1 Å². The minimum Gasteiger partial charge on any atom is -0.203 e. The second-order valence-electron chi connectivity index (χ2n) is 6.65. The molecule has 0 unspecified atom stereocenters. The van der Waals surface area contributed by atoms with Gasteiger partial charge in [-0.1, -0.05) is 37.6 Å².